The lowest BCUT2D eigenvalue weighted by Crippen LogP contribution is -2.20. The van der Waals surface area contributed by atoms with Crippen LogP contribution in [0.25, 0.3) is 5.78 Å². The molecular formula is C7H4F3N5O3. The maximum absolute atomic E-state index is 12.3. The largest absolute Gasteiger partial charge is 0.451 e. The molecule has 0 unspecified atom stereocenters. The van der Waals surface area contributed by atoms with Gasteiger partial charge in [-0.15, -0.1) is 0 Å². The smallest absolute Gasteiger partial charge is 0.267 e. The minimum atomic E-state index is -4.80. The Balaban J connectivity index is 2.84. The van der Waals surface area contributed by atoms with Crippen LogP contribution in [0, 0.1) is 17.0 Å². The normalized spacial score (nSPS) is 12.0. The van der Waals surface area contributed by atoms with Crippen molar-refractivity contribution in [3.05, 3.63) is 32.0 Å². The summed E-state index contributed by atoms with van der Waals surface area (Å²) in [5, 5.41) is 12.2. The average Bonchev–Trinajstić information content (AvgIpc) is 2.60. The van der Waals surface area contributed by atoms with Gasteiger partial charge in [0.25, 0.3) is 5.78 Å². The fourth-order valence-electron chi connectivity index (χ4n) is 1.35. The molecule has 2 rings (SSSR count). The van der Waals surface area contributed by atoms with Crippen LogP contribution in [0.4, 0.5) is 18.9 Å². The van der Waals surface area contributed by atoms with E-state index >= 15 is 0 Å². The summed E-state index contributed by atoms with van der Waals surface area (Å²) in [5.41, 5.74) is -2.44. The standard InChI is InChI=1S/C7H4F3N5O3/c1-2-3(15(17)18)4(16)14-6(11-2)12-5(13-14)7(8,9)10/h1H3,(H,11,12,13). The Labute approximate surface area is 95.2 Å². The van der Waals surface area contributed by atoms with E-state index in [1.807, 2.05) is 0 Å². The van der Waals surface area contributed by atoms with Gasteiger partial charge in [-0.05, 0) is 6.92 Å². The van der Waals surface area contributed by atoms with E-state index in [0.717, 1.165) is 6.92 Å². The molecule has 96 valence electrons. The molecule has 0 aliphatic carbocycles. The number of nitrogens with one attached hydrogen (secondary N) is 1. The molecule has 2 aromatic rings. The molecule has 0 aromatic carbocycles. The van der Waals surface area contributed by atoms with Gasteiger partial charge in [-0.25, -0.2) is 4.98 Å². The number of nitro groups is 1. The number of hydrogen-bond acceptors (Lipinski definition) is 5. The lowest BCUT2D eigenvalue weighted by Gasteiger charge is -1.98. The SMILES string of the molecule is Cc1nc2nc(C(F)(F)F)[nH]n2c(=O)c1[N+](=O)[O-]. The molecule has 0 aliphatic rings. The number of aryl methyl sites for hydroxylation is 1. The molecule has 2 aromatic heterocycles. The predicted octanol–water partition coefficient (Wildman–Crippen LogP) is 0.653. The molecule has 0 radical (unpaired) electrons. The summed E-state index contributed by atoms with van der Waals surface area (Å²) < 4.78 is 37.3. The first-order chi connectivity index (χ1) is 8.21. The number of aromatic nitrogens is 4. The summed E-state index contributed by atoms with van der Waals surface area (Å²) in [7, 11) is 0. The number of rotatable bonds is 1. The van der Waals surface area contributed by atoms with Gasteiger partial charge >= 0.3 is 17.4 Å². The van der Waals surface area contributed by atoms with Crippen LogP contribution in [0.1, 0.15) is 11.5 Å². The van der Waals surface area contributed by atoms with E-state index in [9.17, 15) is 28.1 Å². The molecule has 0 aliphatic heterocycles. The zero-order chi connectivity index (χ0) is 13.7. The molecule has 2 heterocycles. The van der Waals surface area contributed by atoms with Gasteiger partial charge in [0, 0.05) is 0 Å². The Morgan fingerprint density at radius 2 is 2.00 bits per heavy atom. The Hall–Kier alpha value is -2.46. The van der Waals surface area contributed by atoms with Gasteiger partial charge in [-0.1, -0.05) is 0 Å². The van der Waals surface area contributed by atoms with Crippen LogP contribution in [0.3, 0.4) is 0 Å². The van der Waals surface area contributed by atoms with Crippen molar-refractivity contribution in [1.29, 1.82) is 0 Å². The van der Waals surface area contributed by atoms with Crippen molar-refractivity contribution < 1.29 is 18.1 Å². The summed E-state index contributed by atoms with van der Waals surface area (Å²) in [6, 6.07) is 0. The first-order valence-electron chi connectivity index (χ1n) is 4.43. The number of hydrogen-bond donors (Lipinski definition) is 1. The molecule has 0 saturated heterocycles. The molecule has 0 atom stereocenters. The Kier molecular flexibility index (Phi) is 2.34. The van der Waals surface area contributed by atoms with Gasteiger partial charge < -0.3 is 0 Å². The van der Waals surface area contributed by atoms with Crippen molar-refractivity contribution >= 4 is 11.5 Å². The average molecular weight is 263 g/mol. The molecule has 1 N–H and O–H groups in total. The monoisotopic (exact) mass is 263 g/mol. The molecule has 8 nitrogen and oxygen atoms in total. The highest BCUT2D eigenvalue weighted by molar-refractivity contribution is 5.39. The summed E-state index contributed by atoms with van der Waals surface area (Å²) in [6.45, 7) is 1.14. The fraction of sp³-hybridized carbons (Fsp3) is 0.286. The van der Waals surface area contributed by atoms with Crippen LogP contribution in [0.15, 0.2) is 4.79 Å². The van der Waals surface area contributed by atoms with Gasteiger partial charge in [0.1, 0.15) is 5.69 Å². The van der Waals surface area contributed by atoms with E-state index in [0.29, 0.717) is 0 Å². The molecule has 0 bridgehead atoms. The van der Waals surface area contributed by atoms with Crippen LogP contribution in [-0.2, 0) is 6.18 Å². The number of halogens is 3. The van der Waals surface area contributed by atoms with Crippen LogP contribution in [0.2, 0.25) is 0 Å². The highest BCUT2D eigenvalue weighted by Crippen LogP contribution is 2.26. The van der Waals surface area contributed by atoms with Gasteiger partial charge in [-0.3, -0.25) is 20.0 Å². The molecule has 0 saturated carbocycles. The van der Waals surface area contributed by atoms with Crippen molar-refractivity contribution in [1.82, 2.24) is 19.6 Å². The third-order valence-electron chi connectivity index (χ3n) is 2.10. The molecule has 0 fully saturated rings. The first-order valence-corrected chi connectivity index (χ1v) is 4.43. The molecule has 0 spiro atoms. The maximum Gasteiger partial charge on any atom is 0.451 e. The highest BCUT2D eigenvalue weighted by Gasteiger charge is 2.36. The summed E-state index contributed by atoms with van der Waals surface area (Å²) in [4.78, 5) is 27.7. The third kappa shape index (κ3) is 1.69. The van der Waals surface area contributed by atoms with E-state index < -0.39 is 33.9 Å². The van der Waals surface area contributed by atoms with Crippen LogP contribution >= 0.6 is 0 Å². The quantitative estimate of drug-likeness (QED) is 0.600. The molecule has 18 heavy (non-hydrogen) atoms. The van der Waals surface area contributed by atoms with Gasteiger partial charge in [0.05, 0.1) is 4.92 Å². The van der Waals surface area contributed by atoms with Crippen molar-refractivity contribution in [2.24, 2.45) is 0 Å². The fourth-order valence-corrected chi connectivity index (χ4v) is 1.35. The Morgan fingerprint density at radius 1 is 1.39 bits per heavy atom. The zero-order valence-electron chi connectivity index (χ0n) is 8.65. The van der Waals surface area contributed by atoms with Crippen molar-refractivity contribution in [3.8, 4) is 0 Å². The second kappa shape index (κ2) is 3.51. The summed E-state index contributed by atoms with van der Waals surface area (Å²) in [5.74, 6) is -2.03. The van der Waals surface area contributed by atoms with Crippen LogP contribution < -0.4 is 5.56 Å². The zero-order valence-corrected chi connectivity index (χ0v) is 8.65. The Morgan fingerprint density at radius 3 is 2.50 bits per heavy atom. The third-order valence-corrected chi connectivity index (χ3v) is 2.10. The molecule has 11 heteroatoms. The second-order valence-corrected chi connectivity index (χ2v) is 3.31. The van der Waals surface area contributed by atoms with Crippen molar-refractivity contribution in [2.75, 3.05) is 0 Å². The lowest BCUT2D eigenvalue weighted by molar-refractivity contribution is -0.387. The minimum Gasteiger partial charge on any atom is -0.267 e. The van der Waals surface area contributed by atoms with Crippen LogP contribution in [-0.4, -0.2) is 24.5 Å². The highest BCUT2D eigenvalue weighted by atomic mass is 19.4. The maximum atomic E-state index is 12.3. The number of alkyl halides is 3. The molecule has 0 amide bonds. The van der Waals surface area contributed by atoms with E-state index in [1.54, 1.807) is 5.10 Å². The number of nitrogens with zero attached hydrogens (tertiary/aromatic N) is 4. The topological polar surface area (TPSA) is 106 Å². The lowest BCUT2D eigenvalue weighted by atomic mass is 10.4. The number of fused-ring (bicyclic) bond motifs is 1. The van der Waals surface area contributed by atoms with E-state index in [2.05, 4.69) is 9.97 Å². The van der Waals surface area contributed by atoms with Crippen molar-refractivity contribution in [3.63, 3.8) is 0 Å². The predicted molar refractivity (Wildman–Crippen MR) is 50.0 cm³/mol. The summed E-state index contributed by atoms with van der Waals surface area (Å²) >= 11 is 0. The van der Waals surface area contributed by atoms with E-state index in [1.165, 1.54) is 0 Å². The number of H-pyrrole nitrogens is 1. The first kappa shape index (κ1) is 12.0. The van der Waals surface area contributed by atoms with E-state index in [-0.39, 0.29) is 10.2 Å². The van der Waals surface area contributed by atoms with E-state index in [4.69, 9.17) is 0 Å². The minimum absolute atomic E-state index is 0.286. The van der Waals surface area contributed by atoms with Gasteiger partial charge in [0.15, 0.2) is 0 Å². The summed E-state index contributed by atoms with van der Waals surface area (Å²) in [6.07, 6.45) is -4.80. The van der Waals surface area contributed by atoms with Gasteiger partial charge in [0.2, 0.25) is 5.82 Å². The van der Waals surface area contributed by atoms with Crippen molar-refractivity contribution in [2.45, 2.75) is 13.1 Å². The molecular weight excluding hydrogens is 259 g/mol. The van der Waals surface area contributed by atoms with Gasteiger partial charge in [-0.2, -0.15) is 22.7 Å². The second-order valence-electron chi connectivity index (χ2n) is 3.31. The Bertz CT molecular complexity index is 701. The number of aromatic amines is 1. The van der Waals surface area contributed by atoms with Crippen LogP contribution in [0.5, 0.6) is 0 Å².